The normalized spacial score (nSPS) is 11.7. The molecule has 0 aromatic heterocycles. The highest BCUT2D eigenvalue weighted by Crippen LogP contribution is 2.22. The number of amides is 1. The Hall–Kier alpha value is -2.67. The van der Waals surface area contributed by atoms with Gasteiger partial charge in [-0.3, -0.25) is 0 Å². The zero-order valence-electron chi connectivity index (χ0n) is 15.7. The number of nitrogens with zero attached hydrogens (tertiary/aromatic N) is 1. The lowest BCUT2D eigenvalue weighted by Gasteiger charge is -2.19. The second kappa shape index (κ2) is 9.87. The number of ether oxygens (including phenoxy) is 2. The zero-order valence-corrected chi connectivity index (χ0v) is 15.7. The van der Waals surface area contributed by atoms with Crippen LogP contribution in [0.3, 0.4) is 0 Å². The predicted molar refractivity (Wildman–Crippen MR) is 99.0 cm³/mol. The molecule has 0 bridgehead atoms. The highest BCUT2D eigenvalue weighted by Gasteiger charge is 2.12. The van der Waals surface area contributed by atoms with Crippen LogP contribution in [0.1, 0.15) is 24.9 Å². The summed E-state index contributed by atoms with van der Waals surface area (Å²) in [6.07, 6.45) is 0.190. The van der Waals surface area contributed by atoms with Crippen molar-refractivity contribution >= 4 is 6.09 Å². The summed E-state index contributed by atoms with van der Waals surface area (Å²) < 4.78 is 36.9. The van der Waals surface area contributed by atoms with Gasteiger partial charge in [0.05, 0.1) is 6.61 Å². The molecule has 0 aliphatic heterocycles. The Kier molecular flexibility index (Phi) is 7.55. The molecule has 2 aromatic carbocycles. The van der Waals surface area contributed by atoms with Crippen LogP contribution in [-0.2, 0) is 0 Å². The van der Waals surface area contributed by atoms with Crippen molar-refractivity contribution in [3.05, 3.63) is 59.7 Å². The molecule has 0 aliphatic rings. The first-order valence-electron chi connectivity index (χ1n) is 8.71. The van der Waals surface area contributed by atoms with E-state index in [9.17, 15) is 13.6 Å². The molecular weight excluding hydrogens is 354 g/mol. The van der Waals surface area contributed by atoms with Gasteiger partial charge in [-0.25, -0.2) is 13.6 Å². The predicted octanol–water partition coefficient (Wildman–Crippen LogP) is 4.14. The van der Waals surface area contributed by atoms with Gasteiger partial charge in [0.1, 0.15) is 11.5 Å². The molecule has 0 fully saturated rings. The molecule has 2 aromatic rings. The summed E-state index contributed by atoms with van der Waals surface area (Å²) in [4.78, 5) is 12.9. The summed E-state index contributed by atoms with van der Waals surface area (Å²) in [7, 11) is 3.23. The van der Waals surface area contributed by atoms with Crippen LogP contribution < -0.4 is 14.8 Å². The number of hydrogen-bond acceptors (Lipinski definition) is 4. The van der Waals surface area contributed by atoms with Crippen LogP contribution in [0.25, 0.3) is 0 Å². The molecule has 0 saturated heterocycles. The van der Waals surface area contributed by atoms with E-state index in [1.54, 1.807) is 26.2 Å². The van der Waals surface area contributed by atoms with Gasteiger partial charge in [-0.1, -0.05) is 19.1 Å². The van der Waals surface area contributed by atoms with E-state index >= 15 is 0 Å². The van der Waals surface area contributed by atoms with E-state index < -0.39 is 17.7 Å². The smallest absolute Gasteiger partial charge is 0.414 e. The SMILES string of the molecule is CCNC(CCOc1ccc(F)c(F)c1)c1ccc(OC(=O)N(C)C)cc1. The second-order valence-electron chi connectivity index (χ2n) is 6.15. The summed E-state index contributed by atoms with van der Waals surface area (Å²) in [6.45, 7) is 3.09. The fraction of sp³-hybridized carbons (Fsp3) is 0.350. The largest absolute Gasteiger partial charge is 0.493 e. The van der Waals surface area contributed by atoms with Crippen molar-refractivity contribution in [3.8, 4) is 11.5 Å². The number of rotatable bonds is 8. The quantitative estimate of drug-likeness (QED) is 0.750. The van der Waals surface area contributed by atoms with Gasteiger partial charge in [0.15, 0.2) is 11.6 Å². The number of halogens is 2. The second-order valence-corrected chi connectivity index (χ2v) is 6.15. The van der Waals surface area contributed by atoms with Gasteiger partial charge in [-0.05, 0) is 36.4 Å². The van der Waals surface area contributed by atoms with E-state index in [0.29, 0.717) is 18.8 Å². The third kappa shape index (κ3) is 6.21. The van der Waals surface area contributed by atoms with Gasteiger partial charge in [0, 0.05) is 32.6 Å². The van der Waals surface area contributed by atoms with E-state index in [0.717, 1.165) is 24.2 Å². The van der Waals surface area contributed by atoms with Crippen molar-refractivity contribution in [2.75, 3.05) is 27.2 Å². The average Bonchev–Trinajstić information content (AvgIpc) is 2.64. The summed E-state index contributed by atoms with van der Waals surface area (Å²) >= 11 is 0. The Morgan fingerprint density at radius 1 is 1.07 bits per heavy atom. The number of carbonyl (C=O) groups excluding carboxylic acids is 1. The fourth-order valence-corrected chi connectivity index (χ4v) is 2.45. The molecule has 1 amide bonds. The Bertz CT molecular complexity index is 751. The lowest BCUT2D eigenvalue weighted by molar-refractivity contribution is 0.172. The minimum absolute atomic E-state index is 0.0129. The van der Waals surface area contributed by atoms with Gasteiger partial charge in [-0.15, -0.1) is 0 Å². The first kappa shape index (κ1) is 20.6. The summed E-state index contributed by atoms with van der Waals surface area (Å²) in [5, 5.41) is 3.35. The van der Waals surface area contributed by atoms with Gasteiger partial charge >= 0.3 is 6.09 Å². The Morgan fingerprint density at radius 2 is 1.74 bits per heavy atom. The third-order valence-corrected chi connectivity index (χ3v) is 3.87. The lowest BCUT2D eigenvalue weighted by atomic mass is 10.0. The zero-order chi connectivity index (χ0) is 19.8. The molecule has 0 saturated carbocycles. The van der Waals surface area contributed by atoms with Gasteiger partial charge < -0.3 is 19.7 Å². The topological polar surface area (TPSA) is 50.8 Å². The Labute approximate surface area is 157 Å². The molecule has 1 N–H and O–H groups in total. The van der Waals surface area contributed by atoms with Crippen LogP contribution in [0.2, 0.25) is 0 Å². The van der Waals surface area contributed by atoms with Crippen LogP contribution >= 0.6 is 0 Å². The molecule has 0 aliphatic carbocycles. The Balaban J connectivity index is 1.95. The van der Waals surface area contributed by atoms with Crippen LogP contribution in [-0.4, -0.2) is 38.2 Å². The lowest BCUT2D eigenvalue weighted by Crippen LogP contribution is -2.25. The minimum Gasteiger partial charge on any atom is -0.493 e. The number of carbonyl (C=O) groups is 1. The first-order chi connectivity index (χ1) is 12.9. The molecule has 5 nitrogen and oxygen atoms in total. The van der Waals surface area contributed by atoms with Crippen molar-refractivity contribution in [3.63, 3.8) is 0 Å². The van der Waals surface area contributed by atoms with E-state index in [1.807, 2.05) is 19.1 Å². The van der Waals surface area contributed by atoms with E-state index in [4.69, 9.17) is 9.47 Å². The maximum absolute atomic E-state index is 13.2. The summed E-state index contributed by atoms with van der Waals surface area (Å²) in [5.41, 5.74) is 1.01. The molecule has 7 heteroatoms. The molecule has 0 radical (unpaired) electrons. The first-order valence-corrected chi connectivity index (χ1v) is 8.71. The van der Waals surface area contributed by atoms with Gasteiger partial charge in [0.25, 0.3) is 0 Å². The molecule has 1 atom stereocenters. The average molecular weight is 378 g/mol. The fourth-order valence-electron chi connectivity index (χ4n) is 2.45. The number of hydrogen-bond donors (Lipinski definition) is 1. The van der Waals surface area contributed by atoms with Crippen molar-refractivity contribution in [2.24, 2.45) is 0 Å². The van der Waals surface area contributed by atoms with Crippen LogP contribution in [0.4, 0.5) is 13.6 Å². The minimum atomic E-state index is -0.932. The van der Waals surface area contributed by atoms with Crippen molar-refractivity contribution in [2.45, 2.75) is 19.4 Å². The maximum Gasteiger partial charge on any atom is 0.414 e. The molecule has 146 valence electrons. The summed E-state index contributed by atoms with van der Waals surface area (Å²) in [6, 6.07) is 10.7. The molecule has 0 spiro atoms. The molecule has 1 unspecified atom stereocenters. The van der Waals surface area contributed by atoms with Gasteiger partial charge in [-0.2, -0.15) is 0 Å². The van der Waals surface area contributed by atoms with Crippen LogP contribution in [0, 0.1) is 11.6 Å². The van der Waals surface area contributed by atoms with E-state index in [-0.39, 0.29) is 11.8 Å². The standard InChI is InChI=1S/C20H24F2N2O3/c1-4-23-19(11-12-26-16-9-10-17(21)18(22)13-16)14-5-7-15(8-6-14)27-20(25)24(2)3/h5-10,13,19,23H,4,11-12H2,1-3H3. The highest BCUT2D eigenvalue weighted by atomic mass is 19.2. The Morgan fingerprint density at radius 3 is 2.33 bits per heavy atom. The number of nitrogens with one attached hydrogen (secondary N) is 1. The van der Waals surface area contributed by atoms with Crippen molar-refractivity contribution in [1.82, 2.24) is 10.2 Å². The van der Waals surface area contributed by atoms with Crippen LogP contribution in [0.5, 0.6) is 11.5 Å². The molecule has 2 rings (SSSR count). The monoisotopic (exact) mass is 378 g/mol. The molecule has 0 heterocycles. The maximum atomic E-state index is 13.2. The summed E-state index contributed by atoms with van der Waals surface area (Å²) in [5.74, 6) is -1.08. The molecular formula is C20H24F2N2O3. The van der Waals surface area contributed by atoms with Crippen molar-refractivity contribution in [1.29, 1.82) is 0 Å². The third-order valence-electron chi connectivity index (χ3n) is 3.87. The molecule has 27 heavy (non-hydrogen) atoms. The van der Waals surface area contributed by atoms with E-state index in [2.05, 4.69) is 5.32 Å². The van der Waals surface area contributed by atoms with E-state index in [1.165, 1.54) is 11.0 Å². The number of benzene rings is 2. The van der Waals surface area contributed by atoms with Gasteiger partial charge in [0.2, 0.25) is 0 Å². The highest BCUT2D eigenvalue weighted by molar-refractivity contribution is 5.69. The van der Waals surface area contributed by atoms with Crippen molar-refractivity contribution < 1.29 is 23.0 Å². The van der Waals surface area contributed by atoms with Crippen LogP contribution in [0.15, 0.2) is 42.5 Å².